The van der Waals surface area contributed by atoms with Crippen LogP contribution in [0, 0.1) is 5.82 Å². The number of hydrogen-bond acceptors (Lipinski definition) is 4. The maximum absolute atomic E-state index is 13.3. The van der Waals surface area contributed by atoms with Crippen molar-refractivity contribution in [3.8, 4) is 0 Å². The van der Waals surface area contributed by atoms with Gasteiger partial charge >= 0.3 is 6.03 Å². The summed E-state index contributed by atoms with van der Waals surface area (Å²) in [7, 11) is 0. The molecule has 0 aliphatic carbocycles. The van der Waals surface area contributed by atoms with Gasteiger partial charge in [0.25, 0.3) is 0 Å². The zero-order chi connectivity index (χ0) is 16.8. The average Bonchev–Trinajstić information content (AvgIpc) is 2.54. The molecule has 1 aromatic carbocycles. The molecule has 1 heterocycles. The standard InChI is InChI=1S/C16H22FN3O3/c1-3-18-16(22)19-15(21)11(2)20-7-8-23-14(10-20)12-5-4-6-13(17)9-12/h4-6,9,11,14H,3,7-8,10H2,1-2H3,(H2,18,19,21,22). The van der Waals surface area contributed by atoms with Crippen LogP contribution >= 0.6 is 0 Å². The summed E-state index contributed by atoms with van der Waals surface area (Å²) in [6, 6.07) is 5.28. The third kappa shape index (κ3) is 4.74. The Hall–Kier alpha value is -1.99. The molecular formula is C16H22FN3O3. The van der Waals surface area contributed by atoms with Gasteiger partial charge in [0, 0.05) is 19.6 Å². The molecule has 2 unspecified atom stereocenters. The van der Waals surface area contributed by atoms with E-state index in [1.165, 1.54) is 12.1 Å². The minimum Gasteiger partial charge on any atom is -0.371 e. The maximum Gasteiger partial charge on any atom is 0.321 e. The van der Waals surface area contributed by atoms with Gasteiger partial charge in [-0.15, -0.1) is 0 Å². The molecule has 2 rings (SSSR count). The Kier molecular flexibility index (Phi) is 6.06. The number of morpholine rings is 1. The molecule has 2 N–H and O–H groups in total. The van der Waals surface area contributed by atoms with Crippen LogP contribution in [0.2, 0.25) is 0 Å². The molecule has 0 bridgehead atoms. The van der Waals surface area contributed by atoms with E-state index in [0.717, 1.165) is 5.56 Å². The van der Waals surface area contributed by atoms with Crippen molar-refractivity contribution in [3.05, 3.63) is 35.6 Å². The van der Waals surface area contributed by atoms with Gasteiger partial charge in [-0.1, -0.05) is 12.1 Å². The molecule has 1 aromatic rings. The third-order valence-electron chi connectivity index (χ3n) is 3.82. The van der Waals surface area contributed by atoms with Gasteiger partial charge in [-0.3, -0.25) is 15.0 Å². The second-order valence-corrected chi connectivity index (χ2v) is 5.43. The number of rotatable bonds is 4. The summed E-state index contributed by atoms with van der Waals surface area (Å²) in [5, 5.41) is 4.83. The van der Waals surface area contributed by atoms with Crippen molar-refractivity contribution in [1.82, 2.24) is 15.5 Å². The summed E-state index contributed by atoms with van der Waals surface area (Å²) >= 11 is 0. The van der Waals surface area contributed by atoms with Gasteiger partial charge in [-0.05, 0) is 31.5 Å². The summed E-state index contributed by atoms with van der Waals surface area (Å²) < 4.78 is 19.0. The Bertz CT molecular complexity index is 567. The number of benzene rings is 1. The number of nitrogens with one attached hydrogen (secondary N) is 2. The molecule has 0 spiro atoms. The highest BCUT2D eigenvalue weighted by Gasteiger charge is 2.29. The van der Waals surface area contributed by atoms with Crippen LogP contribution < -0.4 is 10.6 Å². The van der Waals surface area contributed by atoms with Gasteiger partial charge < -0.3 is 10.1 Å². The predicted octanol–water partition coefficient (Wildman–Crippen LogP) is 1.43. The molecule has 1 fully saturated rings. The third-order valence-corrected chi connectivity index (χ3v) is 3.82. The quantitative estimate of drug-likeness (QED) is 0.879. The largest absolute Gasteiger partial charge is 0.371 e. The Balaban J connectivity index is 1.97. The molecule has 7 heteroatoms. The van der Waals surface area contributed by atoms with Crippen molar-refractivity contribution in [3.63, 3.8) is 0 Å². The van der Waals surface area contributed by atoms with E-state index < -0.39 is 12.1 Å². The summed E-state index contributed by atoms with van der Waals surface area (Å²) in [5.74, 6) is -0.680. The van der Waals surface area contributed by atoms with Crippen LogP contribution in [0.5, 0.6) is 0 Å². The minimum absolute atomic E-state index is 0.292. The van der Waals surface area contributed by atoms with Crippen LogP contribution in [-0.2, 0) is 9.53 Å². The lowest BCUT2D eigenvalue weighted by molar-refractivity contribution is -0.128. The van der Waals surface area contributed by atoms with Crippen molar-refractivity contribution in [1.29, 1.82) is 0 Å². The number of imide groups is 1. The van der Waals surface area contributed by atoms with Crippen LogP contribution in [0.3, 0.4) is 0 Å². The summed E-state index contributed by atoms with van der Waals surface area (Å²) in [6.45, 7) is 5.46. The Morgan fingerprint density at radius 1 is 1.48 bits per heavy atom. The lowest BCUT2D eigenvalue weighted by Gasteiger charge is -2.36. The number of nitrogens with zero attached hydrogens (tertiary/aromatic N) is 1. The van der Waals surface area contributed by atoms with E-state index in [1.807, 2.05) is 4.90 Å². The van der Waals surface area contributed by atoms with Crippen molar-refractivity contribution >= 4 is 11.9 Å². The fourth-order valence-electron chi connectivity index (χ4n) is 2.52. The molecule has 0 aromatic heterocycles. The van der Waals surface area contributed by atoms with Gasteiger partial charge in [0.1, 0.15) is 5.82 Å². The van der Waals surface area contributed by atoms with Gasteiger partial charge in [0.2, 0.25) is 5.91 Å². The molecule has 23 heavy (non-hydrogen) atoms. The minimum atomic E-state index is -0.501. The predicted molar refractivity (Wildman–Crippen MR) is 83.3 cm³/mol. The van der Waals surface area contributed by atoms with E-state index >= 15 is 0 Å². The summed E-state index contributed by atoms with van der Waals surface area (Å²) in [4.78, 5) is 25.5. The highest BCUT2D eigenvalue weighted by Crippen LogP contribution is 2.23. The first-order valence-electron chi connectivity index (χ1n) is 7.71. The molecule has 1 saturated heterocycles. The number of hydrogen-bond donors (Lipinski definition) is 2. The van der Waals surface area contributed by atoms with E-state index in [2.05, 4.69) is 10.6 Å². The fraction of sp³-hybridized carbons (Fsp3) is 0.500. The second kappa shape index (κ2) is 8.03. The zero-order valence-corrected chi connectivity index (χ0v) is 13.3. The molecule has 1 aliphatic heterocycles. The SMILES string of the molecule is CCNC(=O)NC(=O)C(C)N1CCOC(c2cccc(F)c2)C1. The molecule has 126 valence electrons. The molecule has 0 radical (unpaired) electrons. The first-order valence-corrected chi connectivity index (χ1v) is 7.71. The van der Waals surface area contributed by atoms with Gasteiger partial charge in [0.15, 0.2) is 0 Å². The topological polar surface area (TPSA) is 70.7 Å². The molecule has 3 amide bonds. The highest BCUT2D eigenvalue weighted by atomic mass is 19.1. The zero-order valence-electron chi connectivity index (χ0n) is 13.3. The van der Waals surface area contributed by atoms with E-state index in [1.54, 1.807) is 26.0 Å². The van der Waals surface area contributed by atoms with Crippen LogP contribution in [0.15, 0.2) is 24.3 Å². The van der Waals surface area contributed by atoms with Crippen molar-refractivity contribution < 1.29 is 18.7 Å². The first kappa shape index (κ1) is 17.4. The van der Waals surface area contributed by atoms with Gasteiger partial charge in [0.05, 0.1) is 18.8 Å². The van der Waals surface area contributed by atoms with E-state index in [9.17, 15) is 14.0 Å². The molecule has 6 nitrogen and oxygen atoms in total. The van der Waals surface area contributed by atoms with E-state index in [4.69, 9.17) is 4.74 Å². The second-order valence-electron chi connectivity index (χ2n) is 5.43. The van der Waals surface area contributed by atoms with Crippen LogP contribution in [0.25, 0.3) is 0 Å². The van der Waals surface area contributed by atoms with Crippen LogP contribution in [0.4, 0.5) is 9.18 Å². The molecule has 2 atom stereocenters. The van der Waals surface area contributed by atoms with Crippen LogP contribution in [-0.4, -0.2) is 49.1 Å². The van der Waals surface area contributed by atoms with Gasteiger partial charge in [-0.2, -0.15) is 0 Å². The first-order chi connectivity index (χ1) is 11.0. The number of ether oxygens (including phenoxy) is 1. The van der Waals surface area contributed by atoms with E-state index in [-0.39, 0.29) is 17.8 Å². The Labute approximate surface area is 135 Å². The monoisotopic (exact) mass is 323 g/mol. The number of urea groups is 1. The van der Waals surface area contributed by atoms with Crippen molar-refractivity contribution in [2.24, 2.45) is 0 Å². The van der Waals surface area contributed by atoms with E-state index in [0.29, 0.717) is 26.2 Å². The van der Waals surface area contributed by atoms with Crippen molar-refractivity contribution in [2.75, 3.05) is 26.2 Å². The molecule has 0 saturated carbocycles. The average molecular weight is 323 g/mol. The lowest BCUT2D eigenvalue weighted by Crippen LogP contribution is -2.52. The highest BCUT2D eigenvalue weighted by molar-refractivity contribution is 5.96. The maximum atomic E-state index is 13.3. The number of amides is 3. The van der Waals surface area contributed by atoms with Crippen LogP contribution in [0.1, 0.15) is 25.5 Å². The number of carbonyl (C=O) groups excluding carboxylic acids is 2. The summed E-state index contributed by atoms with van der Waals surface area (Å²) in [5.41, 5.74) is 0.742. The number of carbonyl (C=O) groups is 2. The van der Waals surface area contributed by atoms with Gasteiger partial charge in [-0.25, -0.2) is 9.18 Å². The summed E-state index contributed by atoms with van der Waals surface area (Å²) in [6.07, 6.45) is -0.292. The Morgan fingerprint density at radius 2 is 2.26 bits per heavy atom. The lowest BCUT2D eigenvalue weighted by atomic mass is 10.1. The smallest absolute Gasteiger partial charge is 0.321 e. The molecular weight excluding hydrogens is 301 g/mol. The fourth-order valence-corrected chi connectivity index (χ4v) is 2.52. The number of halogens is 1. The Morgan fingerprint density at radius 3 is 2.96 bits per heavy atom. The van der Waals surface area contributed by atoms with Crippen molar-refractivity contribution in [2.45, 2.75) is 26.0 Å². The normalized spacial score (nSPS) is 19.9. The molecule has 1 aliphatic rings.